The van der Waals surface area contributed by atoms with Gasteiger partial charge < -0.3 is 0 Å². The predicted molar refractivity (Wildman–Crippen MR) is 64.3 cm³/mol. The molecule has 0 aliphatic rings. The monoisotopic (exact) mass is 268 g/mol. The molecule has 2 aromatic rings. The van der Waals surface area contributed by atoms with Crippen molar-refractivity contribution in [1.29, 1.82) is 0 Å². The average molecular weight is 268 g/mol. The summed E-state index contributed by atoms with van der Waals surface area (Å²) in [6, 6.07) is 11.9. The van der Waals surface area contributed by atoms with E-state index in [2.05, 4.69) is 4.89 Å². The highest BCUT2D eigenvalue weighted by molar-refractivity contribution is 5.67. The third kappa shape index (κ3) is 3.13. The molecule has 2 aromatic carbocycles. The zero-order valence-electron chi connectivity index (χ0n) is 9.82. The second-order valence-electron chi connectivity index (χ2n) is 4.01. The molecule has 0 radical (unpaired) electrons. The van der Waals surface area contributed by atoms with Crippen molar-refractivity contribution in [2.24, 2.45) is 0 Å². The Morgan fingerprint density at radius 2 is 1.58 bits per heavy atom. The molecule has 0 aliphatic heterocycles. The van der Waals surface area contributed by atoms with Crippen LogP contribution >= 0.6 is 0 Å². The van der Waals surface area contributed by atoms with Crippen molar-refractivity contribution in [2.45, 2.75) is 12.8 Å². The van der Waals surface area contributed by atoms with Crippen LogP contribution in [0.3, 0.4) is 0 Å². The van der Waals surface area contributed by atoms with Gasteiger partial charge in [0.1, 0.15) is 6.61 Å². The molecular formula is C14H11F3O2. The predicted octanol–water partition coefficient (Wildman–Crippen LogP) is 4.36. The fourth-order valence-electron chi connectivity index (χ4n) is 1.84. The normalized spacial score (nSPS) is 11.6. The maximum atomic E-state index is 12.5. The molecule has 2 rings (SSSR count). The number of hydrogen-bond acceptors (Lipinski definition) is 2. The lowest BCUT2D eigenvalue weighted by molar-refractivity contribution is -0.252. The van der Waals surface area contributed by atoms with Gasteiger partial charge >= 0.3 is 6.18 Å². The molecule has 0 aliphatic carbocycles. The van der Waals surface area contributed by atoms with E-state index in [1.807, 2.05) is 0 Å². The summed E-state index contributed by atoms with van der Waals surface area (Å²) in [4.78, 5) is 4.09. The van der Waals surface area contributed by atoms with Crippen molar-refractivity contribution >= 4 is 0 Å². The highest BCUT2D eigenvalue weighted by Crippen LogP contribution is 2.31. The van der Waals surface area contributed by atoms with Gasteiger partial charge in [0.15, 0.2) is 0 Å². The third-order valence-electron chi connectivity index (χ3n) is 2.76. The first-order valence-corrected chi connectivity index (χ1v) is 5.54. The Kier molecular flexibility index (Phi) is 3.87. The van der Waals surface area contributed by atoms with Gasteiger partial charge in [-0.2, -0.15) is 13.2 Å². The molecule has 19 heavy (non-hydrogen) atoms. The van der Waals surface area contributed by atoms with E-state index < -0.39 is 11.7 Å². The summed E-state index contributed by atoms with van der Waals surface area (Å²) in [7, 11) is 0. The minimum absolute atomic E-state index is 0.0167. The largest absolute Gasteiger partial charge is 0.416 e. The van der Waals surface area contributed by atoms with E-state index in [-0.39, 0.29) is 6.61 Å². The van der Waals surface area contributed by atoms with Crippen LogP contribution in [0.25, 0.3) is 11.1 Å². The fraction of sp³-hybridized carbons (Fsp3) is 0.143. The SMILES string of the molecule is OOCc1ccccc1-c1ccc(C(F)(F)F)cc1. The molecule has 0 bridgehead atoms. The molecule has 0 unspecified atom stereocenters. The van der Waals surface area contributed by atoms with E-state index in [9.17, 15) is 13.2 Å². The zero-order valence-corrected chi connectivity index (χ0v) is 9.82. The lowest BCUT2D eigenvalue weighted by Crippen LogP contribution is -2.04. The van der Waals surface area contributed by atoms with E-state index in [1.54, 1.807) is 24.3 Å². The second kappa shape index (κ2) is 5.42. The highest BCUT2D eigenvalue weighted by Gasteiger charge is 2.29. The molecule has 100 valence electrons. The summed E-state index contributed by atoms with van der Waals surface area (Å²) >= 11 is 0. The summed E-state index contributed by atoms with van der Waals surface area (Å²) in [6.45, 7) is -0.0167. The second-order valence-corrected chi connectivity index (χ2v) is 4.01. The van der Waals surface area contributed by atoms with Crippen LogP contribution in [0.5, 0.6) is 0 Å². The summed E-state index contributed by atoms with van der Waals surface area (Å²) < 4.78 is 37.4. The van der Waals surface area contributed by atoms with E-state index >= 15 is 0 Å². The molecule has 0 atom stereocenters. The smallest absolute Gasteiger partial charge is 0.251 e. The van der Waals surface area contributed by atoms with Gasteiger partial charge in [-0.05, 0) is 28.8 Å². The number of rotatable bonds is 3. The van der Waals surface area contributed by atoms with Crippen LogP contribution in [-0.2, 0) is 17.7 Å². The van der Waals surface area contributed by atoms with Crippen molar-refractivity contribution in [1.82, 2.24) is 0 Å². The molecule has 2 nitrogen and oxygen atoms in total. The van der Waals surface area contributed by atoms with E-state index in [0.29, 0.717) is 11.1 Å². The summed E-state index contributed by atoms with van der Waals surface area (Å²) in [5.74, 6) is 0. The minimum atomic E-state index is -4.34. The van der Waals surface area contributed by atoms with Crippen molar-refractivity contribution in [3.05, 3.63) is 59.7 Å². The number of halogens is 3. The van der Waals surface area contributed by atoms with Crippen LogP contribution in [0.15, 0.2) is 48.5 Å². The molecule has 0 heterocycles. The third-order valence-corrected chi connectivity index (χ3v) is 2.76. The molecule has 5 heteroatoms. The van der Waals surface area contributed by atoms with Crippen LogP contribution in [0.1, 0.15) is 11.1 Å². The van der Waals surface area contributed by atoms with Crippen molar-refractivity contribution in [3.63, 3.8) is 0 Å². The maximum Gasteiger partial charge on any atom is 0.416 e. The van der Waals surface area contributed by atoms with Gasteiger partial charge in [0.25, 0.3) is 0 Å². The summed E-state index contributed by atoms with van der Waals surface area (Å²) in [5.41, 5.74) is 1.38. The Morgan fingerprint density at radius 3 is 2.16 bits per heavy atom. The molecule has 0 amide bonds. The molecule has 0 spiro atoms. The highest BCUT2D eigenvalue weighted by atomic mass is 19.4. The topological polar surface area (TPSA) is 29.5 Å². The molecule has 0 saturated carbocycles. The molecule has 1 N–H and O–H groups in total. The van der Waals surface area contributed by atoms with Crippen LogP contribution in [0.2, 0.25) is 0 Å². The first-order valence-electron chi connectivity index (χ1n) is 5.54. The van der Waals surface area contributed by atoms with Gasteiger partial charge in [-0.15, -0.1) is 0 Å². The Morgan fingerprint density at radius 1 is 0.947 bits per heavy atom. The maximum absolute atomic E-state index is 12.5. The summed E-state index contributed by atoms with van der Waals surface area (Å²) in [6.07, 6.45) is -4.34. The standard InChI is InChI=1S/C14H11F3O2/c15-14(16,17)12-7-5-10(6-8-12)13-4-2-1-3-11(13)9-19-18/h1-8,18H,9H2. The van der Waals surface area contributed by atoms with Crippen molar-refractivity contribution in [3.8, 4) is 11.1 Å². The van der Waals surface area contributed by atoms with E-state index in [4.69, 9.17) is 5.26 Å². The molecule has 0 fully saturated rings. The van der Waals surface area contributed by atoms with E-state index in [1.165, 1.54) is 12.1 Å². The Labute approximate surface area is 108 Å². The Hall–Kier alpha value is -1.85. The molecular weight excluding hydrogens is 257 g/mol. The molecule has 0 saturated heterocycles. The van der Waals surface area contributed by atoms with Gasteiger partial charge in [0, 0.05) is 0 Å². The number of alkyl halides is 3. The summed E-state index contributed by atoms with van der Waals surface area (Å²) in [5, 5.41) is 8.49. The van der Waals surface area contributed by atoms with Gasteiger partial charge in [-0.1, -0.05) is 36.4 Å². The fourth-order valence-corrected chi connectivity index (χ4v) is 1.84. The van der Waals surface area contributed by atoms with Gasteiger partial charge in [-0.25, -0.2) is 4.89 Å². The van der Waals surface area contributed by atoms with Gasteiger partial charge in [-0.3, -0.25) is 5.26 Å². The zero-order chi connectivity index (χ0) is 13.9. The van der Waals surface area contributed by atoms with Crippen LogP contribution in [-0.4, -0.2) is 5.26 Å². The first-order chi connectivity index (χ1) is 9.02. The quantitative estimate of drug-likeness (QED) is 0.662. The lowest BCUT2D eigenvalue weighted by atomic mass is 9.99. The Balaban J connectivity index is 2.37. The lowest BCUT2D eigenvalue weighted by Gasteiger charge is -2.10. The average Bonchev–Trinajstić information content (AvgIpc) is 2.39. The van der Waals surface area contributed by atoms with Gasteiger partial charge in [0.2, 0.25) is 0 Å². The van der Waals surface area contributed by atoms with Crippen LogP contribution in [0.4, 0.5) is 13.2 Å². The van der Waals surface area contributed by atoms with Gasteiger partial charge in [0.05, 0.1) is 5.56 Å². The number of hydrogen-bond donors (Lipinski definition) is 1. The number of benzene rings is 2. The first kappa shape index (κ1) is 13.6. The van der Waals surface area contributed by atoms with Crippen molar-refractivity contribution < 1.29 is 23.3 Å². The van der Waals surface area contributed by atoms with E-state index in [0.717, 1.165) is 17.7 Å². The van der Waals surface area contributed by atoms with Crippen LogP contribution in [0, 0.1) is 0 Å². The Bertz CT molecular complexity index is 547. The van der Waals surface area contributed by atoms with Crippen molar-refractivity contribution in [2.75, 3.05) is 0 Å². The van der Waals surface area contributed by atoms with Crippen LogP contribution < -0.4 is 0 Å². The molecule has 0 aromatic heterocycles. The minimum Gasteiger partial charge on any atom is -0.251 e.